The van der Waals surface area contributed by atoms with E-state index in [1.807, 2.05) is 0 Å². The summed E-state index contributed by atoms with van der Waals surface area (Å²) in [6.45, 7) is 4.09. The maximum atomic E-state index is 13.7. The zero-order chi connectivity index (χ0) is 27.5. The van der Waals surface area contributed by atoms with Crippen LogP contribution in [-0.4, -0.2) is 70.8 Å². The van der Waals surface area contributed by atoms with E-state index in [9.17, 15) is 22.4 Å². The van der Waals surface area contributed by atoms with Crippen LogP contribution in [0.25, 0.3) is 17.2 Å². The summed E-state index contributed by atoms with van der Waals surface area (Å²) < 4.78 is 59.4. The highest BCUT2D eigenvalue weighted by Crippen LogP contribution is 2.26. The van der Waals surface area contributed by atoms with Crippen molar-refractivity contribution in [1.29, 1.82) is 0 Å². The fourth-order valence-electron chi connectivity index (χ4n) is 3.09. The summed E-state index contributed by atoms with van der Waals surface area (Å²) >= 11 is 3.04. The lowest BCUT2D eigenvalue weighted by atomic mass is 10.2. The van der Waals surface area contributed by atoms with Crippen molar-refractivity contribution >= 4 is 38.1 Å². The average Bonchev–Trinajstić information content (AvgIpc) is 3.38. The number of halogens is 2. The van der Waals surface area contributed by atoms with Gasteiger partial charge in [0, 0.05) is 13.7 Å². The summed E-state index contributed by atoms with van der Waals surface area (Å²) in [5.41, 5.74) is -0.937. The summed E-state index contributed by atoms with van der Waals surface area (Å²) in [5, 5.41) is 19.2. The molecule has 2 heterocycles. The highest BCUT2D eigenvalue weighted by atomic mass is 79.9. The molecule has 3 N–H and O–H groups in total. The van der Waals surface area contributed by atoms with Gasteiger partial charge in [-0.3, -0.25) is 4.52 Å². The Morgan fingerprint density at radius 3 is 2.62 bits per heavy atom. The van der Waals surface area contributed by atoms with Gasteiger partial charge in [0.25, 0.3) is 0 Å². The molecule has 3 aromatic rings. The molecule has 2 aromatic heterocycles. The molecular weight excluding hydrogens is 585 g/mol. The number of aromatic nitrogens is 4. The highest BCUT2D eigenvalue weighted by Gasteiger charge is 2.36. The number of hydrogen-bond donors (Lipinski definition) is 2. The van der Waals surface area contributed by atoms with Crippen LogP contribution in [-0.2, 0) is 19.7 Å². The van der Waals surface area contributed by atoms with Gasteiger partial charge in [-0.15, -0.1) is 0 Å². The molecule has 15 nitrogen and oxygen atoms in total. The van der Waals surface area contributed by atoms with Crippen molar-refractivity contribution < 1.29 is 36.2 Å². The second-order valence-corrected chi connectivity index (χ2v) is 10.8. The topological polar surface area (TPSA) is 198 Å². The third-order valence-electron chi connectivity index (χ3n) is 4.51. The fraction of sp³-hybridized carbons (Fsp3) is 0.421. The normalized spacial score (nSPS) is 12.8. The highest BCUT2D eigenvalue weighted by molar-refractivity contribution is 9.10. The van der Waals surface area contributed by atoms with Gasteiger partial charge >= 0.3 is 22.1 Å². The van der Waals surface area contributed by atoms with Crippen LogP contribution >= 0.6 is 15.9 Å². The molecule has 0 bridgehead atoms. The molecule has 1 amide bonds. The molecule has 0 saturated carbocycles. The summed E-state index contributed by atoms with van der Waals surface area (Å²) in [6.07, 6.45) is -1.22. The number of rotatable bonds is 9. The number of methoxy groups -OCH3 is 1. The van der Waals surface area contributed by atoms with Crippen molar-refractivity contribution in [3.05, 3.63) is 39.0 Å². The number of carbonyl (C=O) groups is 1. The Labute approximate surface area is 217 Å². The molecule has 0 aliphatic heterocycles. The van der Waals surface area contributed by atoms with Crippen LogP contribution in [0.3, 0.4) is 0 Å². The number of hydrogen-bond acceptors (Lipinski definition) is 12. The van der Waals surface area contributed by atoms with Crippen LogP contribution in [0, 0.1) is 5.82 Å². The minimum absolute atomic E-state index is 0.0771. The van der Waals surface area contributed by atoms with Gasteiger partial charge in [0.15, 0.2) is 5.69 Å². The van der Waals surface area contributed by atoms with Gasteiger partial charge in [-0.05, 0) is 65.2 Å². The van der Waals surface area contributed by atoms with E-state index in [1.54, 1.807) is 20.8 Å². The number of amides is 1. The Kier molecular flexibility index (Phi) is 8.35. The molecule has 1 aromatic carbocycles. The van der Waals surface area contributed by atoms with Crippen LogP contribution in [0.15, 0.2) is 36.6 Å². The Hall–Kier alpha value is -3.35. The van der Waals surface area contributed by atoms with Crippen LogP contribution in [0.1, 0.15) is 20.8 Å². The van der Waals surface area contributed by atoms with Gasteiger partial charge in [-0.25, -0.2) is 28.3 Å². The predicted molar refractivity (Wildman–Crippen MR) is 128 cm³/mol. The number of nitrogens with zero attached hydrogens (tertiary/aromatic N) is 5. The van der Waals surface area contributed by atoms with E-state index in [-0.39, 0.29) is 40.6 Å². The maximum absolute atomic E-state index is 13.7. The summed E-state index contributed by atoms with van der Waals surface area (Å²) in [5.74, 6) is -1.73. The Balaban J connectivity index is 1.93. The third-order valence-corrected chi connectivity index (χ3v) is 6.11. The van der Waals surface area contributed by atoms with E-state index in [0.29, 0.717) is 4.31 Å². The molecule has 1 atom stereocenters. The summed E-state index contributed by atoms with van der Waals surface area (Å²) in [4.78, 5) is 25.0. The molecule has 1 unspecified atom stereocenters. The molecule has 37 heavy (non-hydrogen) atoms. The van der Waals surface area contributed by atoms with Gasteiger partial charge in [0.1, 0.15) is 11.4 Å². The second kappa shape index (κ2) is 11.0. The van der Waals surface area contributed by atoms with Crippen molar-refractivity contribution in [3.8, 4) is 17.2 Å². The van der Waals surface area contributed by atoms with Gasteiger partial charge in [-0.2, -0.15) is 12.7 Å². The van der Waals surface area contributed by atoms with Crippen molar-refractivity contribution in [2.45, 2.75) is 32.4 Å². The average molecular weight is 608 g/mol. The van der Waals surface area contributed by atoms with Crippen LogP contribution in [0.5, 0.6) is 0 Å². The van der Waals surface area contributed by atoms with E-state index in [0.717, 1.165) is 10.6 Å². The van der Waals surface area contributed by atoms with E-state index in [1.165, 1.54) is 19.2 Å². The van der Waals surface area contributed by atoms with Gasteiger partial charge in [-0.1, -0.05) is 5.16 Å². The van der Waals surface area contributed by atoms with Gasteiger partial charge in [0.2, 0.25) is 11.6 Å². The number of nitrogens with one attached hydrogen (secondary N) is 1. The smallest absolute Gasteiger partial charge is 0.443 e. The molecule has 0 aliphatic rings. The standard InChI is InChI=1S/C19H23BrFN7O8S/c1-19(2,3)34-18(30)28(37(22,31)32)11(9-33-4)8-23-15-14(24-36-25-15)16-26-35-17(29)27(16)10-5-6-13(21)12(20)7-10/h5-7,11H,8-9H2,1-4H3,(H,23,25)(H2,22,31,32). The molecule has 0 aliphatic carbocycles. The first-order valence-corrected chi connectivity index (χ1v) is 12.7. The fourth-order valence-corrected chi connectivity index (χ4v) is 4.25. The van der Waals surface area contributed by atoms with Crippen LogP contribution < -0.4 is 16.2 Å². The largest absolute Gasteiger partial charge is 0.446 e. The number of benzene rings is 1. The number of nitrogens with two attached hydrogens (primary N) is 1. The third kappa shape index (κ3) is 6.70. The van der Waals surface area contributed by atoms with Crippen molar-refractivity contribution in [2.24, 2.45) is 5.14 Å². The molecule has 202 valence electrons. The van der Waals surface area contributed by atoms with E-state index in [4.69, 9.17) is 23.8 Å². The Morgan fingerprint density at radius 2 is 2.03 bits per heavy atom. The van der Waals surface area contributed by atoms with Gasteiger partial charge in [0.05, 0.1) is 22.8 Å². The monoisotopic (exact) mass is 607 g/mol. The van der Waals surface area contributed by atoms with E-state index >= 15 is 0 Å². The lowest BCUT2D eigenvalue weighted by Crippen LogP contribution is -2.53. The quantitative estimate of drug-likeness (QED) is 0.357. The van der Waals surface area contributed by atoms with Crippen molar-refractivity contribution in [3.63, 3.8) is 0 Å². The second-order valence-electron chi connectivity index (χ2n) is 8.48. The first-order chi connectivity index (χ1) is 17.2. The predicted octanol–water partition coefficient (Wildman–Crippen LogP) is 1.64. The van der Waals surface area contributed by atoms with Crippen LogP contribution in [0.2, 0.25) is 0 Å². The SMILES string of the molecule is COCC(CNc1nonc1-c1noc(=O)n1-c1ccc(F)c(Br)c1)N(C(=O)OC(C)(C)C)S(N)(=O)=O. The van der Waals surface area contributed by atoms with Gasteiger partial charge < -0.3 is 14.8 Å². The first-order valence-electron chi connectivity index (χ1n) is 10.4. The molecular formula is C19H23BrFN7O8S. The maximum Gasteiger partial charge on any atom is 0.446 e. The van der Waals surface area contributed by atoms with Crippen molar-refractivity contribution in [2.75, 3.05) is 25.6 Å². The van der Waals surface area contributed by atoms with Crippen molar-refractivity contribution in [1.82, 2.24) is 24.3 Å². The minimum atomic E-state index is -4.59. The lowest BCUT2D eigenvalue weighted by molar-refractivity contribution is 0.0280. The molecule has 0 saturated heterocycles. The molecule has 0 fully saturated rings. The zero-order valence-electron chi connectivity index (χ0n) is 20.0. The summed E-state index contributed by atoms with van der Waals surface area (Å²) in [7, 11) is -3.29. The molecule has 0 spiro atoms. The number of carbonyl (C=O) groups excluding carboxylic acids is 1. The zero-order valence-corrected chi connectivity index (χ0v) is 22.4. The number of anilines is 1. The number of ether oxygens (including phenoxy) is 2. The lowest BCUT2D eigenvalue weighted by Gasteiger charge is -2.31. The Morgan fingerprint density at radius 1 is 1.32 bits per heavy atom. The van der Waals surface area contributed by atoms with Crippen LogP contribution in [0.4, 0.5) is 15.0 Å². The molecule has 18 heteroatoms. The summed E-state index contributed by atoms with van der Waals surface area (Å²) in [6, 6.07) is 2.54. The van der Waals surface area contributed by atoms with E-state index < -0.39 is 39.5 Å². The van der Waals surface area contributed by atoms with E-state index in [2.05, 4.69) is 36.7 Å². The Bertz CT molecular complexity index is 1430. The first kappa shape index (κ1) is 28.2. The molecule has 0 radical (unpaired) electrons. The molecule has 3 rings (SSSR count). The minimum Gasteiger partial charge on any atom is -0.443 e.